The number of anilines is 1. The van der Waals surface area contributed by atoms with Crippen LogP contribution in [-0.2, 0) is 0 Å². The maximum atomic E-state index is 12.1. The van der Waals surface area contributed by atoms with Crippen LogP contribution in [0.3, 0.4) is 0 Å². The smallest absolute Gasteiger partial charge is 0.387 e. The lowest BCUT2D eigenvalue weighted by atomic mass is 10.1. The molecule has 0 fully saturated rings. The van der Waals surface area contributed by atoms with Crippen molar-refractivity contribution < 1.29 is 13.5 Å². The van der Waals surface area contributed by atoms with E-state index in [0.29, 0.717) is 0 Å². The van der Waals surface area contributed by atoms with Gasteiger partial charge in [-0.25, -0.2) is 0 Å². The quantitative estimate of drug-likeness (QED) is 0.829. The zero-order chi connectivity index (χ0) is 15.4. The van der Waals surface area contributed by atoms with Crippen molar-refractivity contribution in [1.29, 1.82) is 0 Å². The third kappa shape index (κ3) is 4.18. The highest BCUT2D eigenvalue weighted by Gasteiger charge is 2.09. The third-order valence-electron chi connectivity index (χ3n) is 3.36. The van der Waals surface area contributed by atoms with E-state index in [1.807, 2.05) is 6.92 Å². The SMILES string of the molecule is Cc1ccc(NC(C)c2ccc(OC(F)F)cc2)c(C)c1. The Kier molecular flexibility index (Phi) is 4.78. The zero-order valence-electron chi connectivity index (χ0n) is 12.4. The molecule has 0 aliphatic heterocycles. The Balaban J connectivity index is 2.07. The van der Waals surface area contributed by atoms with Crippen LogP contribution in [0, 0.1) is 13.8 Å². The van der Waals surface area contributed by atoms with Crippen molar-refractivity contribution >= 4 is 5.69 Å². The topological polar surface area (TPSA) is 21.3 Å². The van der Waals surface area contributed by atoms with Gasteiger partial charge in [0.15, 0.2) is 0 Å². The molecule has 0 aliphatic rings. The number of benzene rings is 2. The van der Waals surface area contributed by atoms with Crippen molar-refractivity contribution in [2.75, 3.05) is 5.32 Å². The second kappa shape index (κ2) is 6.57. The maximum absolute atomic E-state index is 12.1. The third-order valence-corrected chi connectivity index (χ3v) is 3.36. The fraction of sp³-hybridized carbons (Fsp3) is 0.294. The molecule has 1 N–H and O–H groups in total. The second-order valence-electron chi connectivity index (χ2n) is 5.13. The molecule has 0 saturated carbocycles. The molecule has 2 nitrogen and oxygen atoms in total. The Bertz CT molecular complexity index is 596. The van der Waals surface area contributed by atoms with Gasteiger partial charge in [-0.2, -0.15) is 8.78 Å². The Morgan fingerprint density at radius 3 is 2.24 bits per heavy atom. The molecule has 0 aromatic heterocycles. The number of aryl methyl sites for hydroxylation is 2. The fourth-order valence-electron chi connectivity index (χ4n) is 2.23. The first-order chi connectivity index (χ1) is 9.95. The Labute approximate surface area is 123 Å². The van der Waals surface area contributed by atoms with Crippen molar-refractivity contribution in [3.8, 4) is 5.75 Å². The Morgan fingerprint density at radius 2 is 1.67 bits per heavy atom. The Hall–Kier alpha value is -2.10. The van der Waals surface area contributed by atoms with Gasteiger partial charge >= 0.3 is 6.61 Å². The number of hydrogen-bond acceptors (Lipinski definition) is 2. The summed E-state index contributed by atoms with van der Waals surface area (Å²) in [6, 6.07) is 13.0. The average molecular weight is 291 g/mol. The standard InChI is InChI=1S/C17H19F2NO/c1-11-4-9-16(12(2)10-11)20-13(3)14-5-7-15(8-6-14)21-17(18)19/h4-10,13,17,20H,1-3H3. The van der Waals surface area contributed by atoms with Crippen LogP contribution in [0.5, 0.6) is 5.75 Å². The predicted molar refractivity (Wildman–Crippen MR) is 81.0 cm³/mol. The van der Waals surface area contributed by atoms with E-state index in [0.717, 1.165) is 11.3 Å². The van der Waals surface area contributed by atoms with Gasteiger partial charge in [0.1, 0.15) is 5.75 Å². The lowest BCUT2D eigenvalue weighted by Crippen LogP contribution is -2.08. The minimum Gasteiger partial charge on any atom is -0.435 e. The van der Waals surface area contributed by atoms with E-state index >= 15 is 0 Å². The number of nitrogens with one attached hydrogen (secondary N) is 1. The molecule has 2 aromatic carbocycles. The van der Waals surface area contributed by atoms with Crippen molar-refractivity contribution in [1.82, 2.24) is 0 Å². The molecular formula is C17H19F2NO. The molecular weight excluding hydrogens is 272 g/mol. The van der Waals surface area contributed by atoms with E-state index in [1.54, 1.807) is 24.3 Å². The number of alkyl halides is 2. The number of rotatable bonds is 5. The van der Waals surface area contributed by atoms with Crippen LogP contribution in [-0.4, -0.2) is 6.61 Å². The maximum Gasteiger partial charge on any atom is 0.387 e. The van der Waals surface area contributed by atoms with Gasteiger partial charge in [0, 0.05) is 11.7 Å². The van der Waals surface area contributed by atoms with Crippen LogP contribution in [0.4, 0.5) is 14.5 Å². The van der Waals surface area contributed by atoms with Crippen LogP contribution in [0.25, 0.3) is 0 Å². The highest BCUT2D eigenvalue weighted by molar-refractivity contribution is 5.53. The molecule has 0 amide bonds. The van der Waals surface area contributed by atoms with E-state index in [4.69, 9.17) is 0 Å². The summed E-state index contributed by atoms with van der Waals surface area (Å²) in [5, 5.41) is 3.42. The summed E-state index contributed by atoms with van der Waals surface area (Å²) in [6.45, 7) is 3.35. The highest BCUT2D eigenvalue weighted by Crippen LogP contribution is 2.24. The molecule has 4 heteroatoms. The minimum absolute atomic E-state index is 0.0759. The molecule has 21 heavy (non-hydrogen) atoms. The first kappa shape index (κ1) is 15.3. The second-order valence-corrected chi connectivity index (χ2v) is 5.13. The molecule has 0 spiro atoms. The summed E-state index contributed by atoms with van der Waals surface area (Å²) < 4.78 is 28.6. The largest absolute Gasteiger partial charge is 0.435 e. The van der Waals surface area contributed by atoms with Crippen molar-refractivity contribution in [2.45, 2.75) is 33.4 Å². The van der Waals surface area contributed by atoms with Gasteiger partial charge in [0.2, 0.25) is 0 Å². The Morgan fingerprint density at radius 1 is 1.00 bits per heavy atom. The van der Waals surface area contributed by atoms with Gasteiger partial charge < -0.3 is 10.1 Å². The lowest BCUT2D eigenvalue weighted by Gasteiger charge is -2.18. The average Bonchev–Trinajstić information content (AvgIpc) is 2.42. The van der Waals surface area contributed by atoms with Gasteiger partial charge in [-0.1, -0.05) is 29.8 Å². The summed E-state index contributed by atoms with van der Waals surface area (Å²) in [5.74, 6) is 0.174. The summed E-state index contributed by atoms with van der Waals surface area (Å²) in [4.78, 5) is 0. The van der Waals surface area contributed by atoms with E-state index in [2.05, 4.69) is 42.1 Å². The van der Waals surface area contributed by atoms with Gasteiger partial charge in [0.05, 0.1) is 0 Å². The highest BCUT2D eigenvalue weighted by atomic mass is 19.3. The molecule has 0 bridgehead atoms. The molecule has 2 rings (SSSR count). The molecule has 2 aromatic rings. The van der Waals surface area contributed by atoms with Crippen LogP contribution in [0.2, 0.25) is 0 Å². The molecule has 1 unspecified atom stereocenters. The van der Waals surface area contributed by atoms with Crippen molar-refractivity contribution in [2.24, 2.45) is 0 Å². The van der Waals surface area contributed by atoms with Gasteiger partial charge in [-0.15, -0.1) is 0 Å². The first-order valence-corrected chi connectivity index (χ1v) is 6.84. The van der Waals surface area contributed by atoms with E-state index < -0.39 is 6.61 Å². The fourth-order valence-corrected chi connectivity index (χ4v) is 2.23. The summed E-state index contributed by atoms with van der Waals surface area (Å²) in [5.41, 5.74) is 4.48. The molecule has 112 valence electrons. The van der Waals surface area contributed by atoms with Crippen LogP contribution < -0.4 is 10.1 Å². The summed E-state index contributed by atoms with van der Waals surface area (Å²) >= 11 is 0. The molecule has 0 radical (unpaired) electrons. The predicted octanol–water partition coefficient (Wildman–Crippen LogP) is 5.08. The molecule has 0 saturated heterocycles. The lowest BCUT2D eigenvalue weighted by molar-refractivity contribution is -0.0498. The number of hydrogen-bond donors (Lipinski definition) is 1. The summed E-state index contributed by atoms with van der Waals surface area (Å²) in [6.07, 6.45) is 0. The summed E-state index contributed by atoms with van der Waals surface area (Å²) in [7, 11) is 0. The van der Waals surface area contributed by atoms with Gasteiger partial charge in [-0.3, -0.25) is 0 Å². The monoisotopic (exact) mass is 291 g/mol. The van der Waals surface area contributed by atoms with Gasteiger partial charge in [-0.05, 0) is 50.1 Å². The van der Waals surface area contributed by atoms with E-state index in [9.17, 15) is 8.78 Å². The van der Waals surface area contributed by atoms with E-state index in [-0.39, 0.29) is 11.8 Å². The number of ether oxygens (including phenoxy) is 1. The van der Waals surface area contributed by atoms with Crippen LogP contribution in [0.15, 0.2) is 42.5 Å². The molecule has 1 atom stereocenters. The van der Waals surface area contributed by atoms with Gasteiger partial charge in [0.25, 0.3) is 0 Å². The molecule has 0 heterocycles. The van der Waals surface area contributed by atoms with Crippen LogP contribution in [0.1, 0.15) is 29.7 Å². The first-order valence-electron chi connectivity index (χ1n) is 6.84. The molecule has 0 aliphatic carbocycles. The number of halogens is 2. The van der Waals surface area contributed by atoms with Crippen molar-refractivity contribution in [3.63, 3.8) is 0 Å². The minimum atomic E-state index is -2.79. The van der Waals surface area contributed by atoms with Crippen molar-refractivity contribution in [3.05, 3.63) is 59.2 Å². The normalized spacial score (nSPS) is 12.3. The van der Waals surface area contributed by atoms with Crippen LogP contribution >= 0.6 is 0 Å². The zero-order valence-corrected chi connectivity index (χ0v) is 12.4. The van der Waals surface area contributed by atoms with E-state index in [1.165, 1.54) is 11.1 Å².